The minimum absolute atomic E-state index is 0.106. The average molecular weight is 369 g/mol. The van der Waals surface area contributed by atoms with Crippen LogP contribution in [0.5, 0.6) is 0 Å². The molecule has 0 amide bonds. The minimum atomic E-state index is -0.106. The van der Waals surface area contributed by atoms with Crippen LogP contribution < -0.4 is 0 Å². The zero-order valence-corrected chi connectivity index (χ0v) is 16.9. The van der Waals surface area contributed by atoms with Crippen LogP contribution in [0.25, 0.3) is 11.3 Å². The number of rotatable bonds is 8. The first-order chi connectivity index (χ1) is 13.2. The highest BCUT2D eigenvalue weighted by molar-refractivity contribution is 5.59. The zero-order chi connectivity index (χ0) is 19.1. The van der Waals surface area contributed by atoms with Gasteiger partial charge in [0.15, 0.2) is 0 Å². The molecular weight excluding hydrogens is 335 g/mol. The fraction of sp³-hybridized carbons (Fsp3) is 0.583. The van der Waals surface area contributed by atoms with Crippen molar-refractivity contribution in [3.8, 4) is 11.3 Å². The molecule has 0 aliphatic heterocycles. The maximum Gasteiger partial charge on any atom is 0.127 e. The molecule has 146 valence electrons. The molecule has 3 heteroatoms. The van der Waals surface area contributed by atoms with Crippen molar-refractivity contribution in [3.05, 3.63) is 47.4 Å². The second kappa shape index (κ2) is 9.96. The summed E-state index contributed by atoms with van der Waals surface area (Å²) in [5.41, 5.74) is 3.34. The minimum Gasteiger partial charge on any atom is -0.207 e. The van der Waals surface area contributed by atoms with Gasteiger partial charge in [-0.3, -0.25) is 0 Å². The van der Waals surface area contributed by atoms with Gasteiger partial charge in [0.2, 0.25) is 0 Å². The molecule has 1 aliphatic carbocycles. The van der Waals surface area contributed by atoms with E-state index < -0.39 is 0 Å². The molecule has 1 saturated carbocycles. The molecular formula is C24H33FN2. The molecule has 0 radical (unpaired) electrons. The van der Waals surface area contributed by atoms with Gasteiger partial charge in [-0.25, -0.2) is 4.39 Å². The summed E-state index contributed by atoms with van der Waals surface area (Å²) < 4.78 is 14.6. The highest BCUT2D eigenvalue weighted by Gasteiger charge is 2.21. The number of aromatic nitrogens is 2. The standard InChI is InChI=1S/C24H33FN2/c1-3-5-6-18-7-9-19(10-8-18)11-12-20-13-14-21(17-23(20)25)24-16-15-22(4-2)26-27-24/h13-19H,3-12H2,1-2H3/t18-,19-. The number of benzene rings is 1. The Labute approximate surface area is 163 Å². The van der Waals surface area contributed by atoms with Gasteiger partial charge in [0.05, 0.1) is 11.4 Å². The number of nitrogens with zero attached hydrogens (tertiary/aromatic N) is 2. The van der Waals surface area contributed by atoms with E-state index in [1.165, 1.54) is 44.9 Å². The Hall–Kier alpha value is -1.77. The molecule has 0 spiro atoms. The fourth-order valence-corrected chi connectivity index (χ4v) is 4.27. The highest BCUT2D eigenvalue weighted by atomic mass is 19.1. The van der Waals surface area contributed by atoms with Crippen LogP contribution in [0.4, 0.5) is 4.39 Å². The van der Waals surface area contributed by atoms with Crippen LogP contribution in [-0.4, -0.2) is 10.2 Å². The number of aryl methyl sites for hydroxylation is 2. The third kappa shape index (κ3) is 5.60. The van der Waals surface area contributed by atoms with E-state index in [-0.39, 0.29) is 5.82 Å². The molecule has 2 nitrogen and oxygen atoms in total. The molecule has 0 saturated heterocycles. The number of halogens is 1. The van der Waals surface area contributed by atoms with Crippen molar-refractivity contribution in [2.24, 2.45) is 11.8 Å². The Morgan fingerprint density at radius 3 is 2.26 bits per heavy atom. The molecule has 1 aliphatic rings. The summed E-state index contributed by atoms with van der Waals surface area (Å²) in [6.07, 6.45) is 12.3. The summed E-state index contributed by atoms with van der Waals surface area (Å²) in [6.45, 7) is 4.33. The lowest BCUT2D eigenvalue weighted by Gasteiger charge is -2.28. The van der Waals surface area contributed by atoms with Gasteiger partial charge in [-0.15, -0.1) is 0 Å². The maximum atomic E-state index is 14.6. The van der Waals surface area contributed by atoms with Crippen LogP contribution >= 0.6 is 0 Å². The Bertz CT molecular complexity index is 703. The molecule has 1 aromatic heterocycles. The van der Waals surface area contributed by atoms with Gasteiger partial charge in [0.25, 0.3) is 0 Å². The SMILES string of the molecule is CCCC[C@H]1CC[C@H](CCc2ccc(-c3ccc(CC)nn3)cc2F)CC1. The molecule has 0 atom stereocenters. The topological polar surface area (TPSA) is 25.8 Å². The molecule has 0 N–H and O–H groups in total. The van der Waals surface area contributed by atoms with E-state index in [1.807, 2.05) is 24.3 Å². The summed E-state index contributed by atoms with van der Waals surface area (Å²) in [4.78, 5) is 0. The second-order valence-electron chi connectivity index (χ2n) is 8.14. The monoisotopic (exact) mass is 368 g/mol. The van der Waals surface area contributed by atoms with Crippen LogP contribution in [0, 0.1) is 17.7 Å². The third-order valence-corrected chi connectivity index (χ3v) is 6.19. The van der Waals surface area contributed by atoms with Gasteiger partial charge >= 0.3 is 0 Å². The Balaban J connectivity index is 1.52. The van der Waals surface area contributed by atoms with Gasteiger partial charge in [0, 0.05) is 5.56 Å². The van der Waals surface area contributed by atoms with E-state index in [0.29, 0.717) is 0 Å². The van der Waals surface area contributed by atoms with E-state index >= 15 is 0 Å². The largest absolute Gasteiger partial charge is 0.207 e. The lowest BCUT2D eigenvalue weighted by Crippen LogP contribution is -2.15. The van der Waals surface area contributed by atoms with Crippen molar-refractivity contribution in [2.45, 2.75) is 78.1 Å². The van der Waals surface area contributed by atoms with Crippen LogP contribution in [0.1, 0.15) is 76.5 Å². The van der Waals surface area contributed by atoms with Crippen LogP contribution in [0.3, 0.4) is 0 Å². The van der Waals surface area contributed by atoms with E-state index in [0.717, 1.165) is 53.6 Å². The third-order valence-electron chi connectivity index (χ3n) is 6.19. The molecule has 0 unspecified atom stereocenters. The smallest absolute Gasteiger partial charge is 0.127 e. The van der Waals surface area contributed by atoms with E-state index in [1.54, 1.807) is 6.07 Å². The van der Waals surface area contributed by atoms with E-state index in [9.17, 15) is 4.39 Å². The fourth-order valence-electron chi connectivity index (χ4n) is 4.27. The molecule has 1 aromatic carbocycles. The Kier molecular flexibility index (Phi) is 7.37. The summed E-state index contributed by atoms with van der Waals surface area (Å²) in [7, 11) is 0. The first-order valence-electron chi connectivity index (χ1n) is 10.8. The van der Waals surface area contributed by atoms with Crippen LogP contribution in [0.15, 0.2) is 30.3 Å². The first-order valence-corrected chi connectivity index (χ1v) is 10.8. The van der Waals surface area contributed by atoms with Crippen molar-refractivity contribution in [3.63, 3.8) is 0 Å². The lowest BCUT2D eigenvalue weighted by molar-refractivity contribution is 0.249. The predicted octanol–water partition coefficient (Wildman–Crippen LogP) is 6.77. The van der Waals surface area contributed by atoms with Crippen molar-refractivity contribution in [1.29, 1.82) is 0 Å². The van der Waals surface area contributed by atoms with Gasteiger partial charge in [-0.05, 0) is 54.9 Å². The molecule has 27 heavy (non-hydrogen) atoms. The quantitative estimate of drug-likeness (QED) is 0.513. The first kappa shape index (κ1) is 20.0. The van der Waals surface area contributed by atoms with E-state index in [4.69, 9.17) is 0 Å². The van der Waals surface area contributed by atoms with Gasteiger partial charge in [-0.1, -0.05) is 70.9 Å². The molecule has 1 fully saturated rings. The lowest BCUT2D eigenvalue weighted by atomic mass is 9.78. The molecule has 0 bridgehead atoms. The molecule has 3 rings (SSSR count). The van der Waals surface area contributed by atoms with E-state index in [2.05, 4.69) is 24.0 Å². The van der Waals surface area contributed by atoms with Crippen molar-refractivity contribution < 1.29 is 4.39 Å². The number of unbranched alkanes of at least 4 members (excludes halogenated alkanes) is 1. The highest BCUT2D eigenvalue weighted by Crippen LogP contribution is 2.34. The molecule has 2 aromatic rings. The maximum absolute atomic E-state index is 14.6. The normalized spacial score (nSPS) is 20.0. The summed E-state index contributed by atoms with van der Waals surface area (Å²) >= 11 is 0. The van der Waals surface area contributed by atoms with Crippen molar-refractivity contribution >= 4 is 0 Å². The molecule has 1 heterocycles. The zero-order valence-electron chi connectivity index (χ0n) is 16.9. The predicted molar refractivity (Wildman–Crippen MR) is 110 cm³/mol. The number of hydrogen-bond acceptors (Lipinski definition) is 2. The number of hydrogen-bond donors (Lipinski definition) is 0. The van der Waals surface area contributed by atoms with Crippen LogP contribution in [-0.2, 0) is 12.8 Å². The van der Waals surface area contributed by atoms with Crippen LogP contribution in [0.2, 0.25) is 0 Å². The summed E-state index contributed by atoms with van der Waals surface area (Å²) in [6, 6.07) is 9.43. The Morgan fingerprint density at radius 1 is 0.926 bits per heavy atom. The summed E-state index contributed by atoms with van der Waals surface area (Å²) in [5, 5.41) is 8.40. The average Bonchev–Trinajstić information content (AvgIpc) is 2.72. The van der Waals surface area contributed by atoms with Gasteiger partial charge < -0.3 is 0 Å². The van der Waals surface area contributed by atoms with Gasteiger partial charge in [0.1, 0.15) is 5.82 Å². The summed E-state index contributed by atoms with van der Waals surface area (Å²) in [5.74, 6) is 1.61. The van der Waals surface area contributed by atoms with Crippen molar-refractivity contribution in [2.75, 3.05) is 0 Å². The Morgan fingerprint density at radius 2 is 1.67 bits per heavy atom. The van der Waals surface area contributed by atoms with Crippen molar-refractivity contribution in [1.82, 2.24) is 10.2 Å². The second-order valence-corrected chi connectivity index (χ2v) is 8.14. The van der Waals surface area contributed by atoms with Gasteiger partial charge in [-0.2, -0.15) is 10.2 Å².